The summed E-state index contributed by atoms with van der Waals surface area (Å²) in [6, 6.07) is 8.29. The molecule has 1 fully saturated rings. The zero-order valence-corrected chi connectivity index (χ0v) is 15.7. The van der Waals surface area contributed by atoms with Gasteiger partial charge in [0.15, 0.2) is 6.61 Å². The van der Waals surface area contributed by atoms with E-state index in [0.29, 0.717) is 6.42 Å². The molecule has 0 atom stereocenters. The number of para-hydroxylation sites is 1. The molecule has 0 saturated heterocycles. The number of aryl methyl sites for hydroxylation is 1. The van der Waals surface area contributed by atoms with E-state index in [9.17, 15) is 9.59 Å². The number of amides is 1. The van der Waals surface area contributed by atoms with Gasteiger partial charge in [-0.05, 0) is 49.7 Å². The molecule has 1 aromatic carbocycles. The third-order valence-electron chi connectivity index (χ3n) is 5.56. The minimum atomic E-state index is -0.325. The fourth-order valence-corrected chi connectivity index (χ4v) is 3.72. The number of H-pyrrole nitrogens is 1. The van der Waals surface area contributed by atoms with E-state index < -0.39 is 0 Å². The third-order valence-corrected chi connectivity index (χ3v) is 5.56. The second-order valence-corrected chi connectivity index (χ2v) is 7.44. The van der Waals surface area contributed by atoms with E-state index in [1.54, 1.807) is 4.90 Å². The average molecular weight is 356 g/mol. The maximum absolute atomic E-state index is 12.3. The highest BCUT2D eigenvalue weighted by molar-refractivity contribution is 5.84. The molecule has 0 unspecified atom stereocenters. The maximum atomic E-state index is 12.3. The van der Waals surface area contributed by atoms with Crippen LogP contribution in [0.1, 0.15) is 44.6 Å². The first-order valence-corrected chi connectivity index (χ1v) is 9.51. The number of benzene rings is 1. The number of nitrogens with zero attached hydrogens (tertiary/aromatic N) is 1. The molecular formula is C21H28N2O3. The Hall–Kier alpha value is -2.30. The van der Waals surface area contributed by atoms with Gasteiger partial charge in [0.05, 0.1) is 0 Å². The number of aromatic amines is 1. The van der Waals surface area contributed by atoms with Crippen LogP contribution >= 0.6 is 0 Å². The van der Waals surface area contributed by atoms with Gasteiger partial charge in [-0.2, -0.15) is 0 Å². The molecular weight excluding hydrogens is 328 g/mol. The number of ether oxygens (including phenoxy) is 1. The van der Waals surface area contributed by atoms with Crippen molar-refractivity contribution in [3.63, 3.8) is 0 Å². The number of hydrogen-bond donors (Lipinski definition) is 1. The van der Waals surface area contributed by atoms with Gasteiger partial charge in [-0.1, -0.05) is 25.1 Å². The number of carbonyl (C=O) groups is 2. The van der Waals surface area contributed by atoms with Gasteiger partial charge in [-0.25, -0.2) is 0 Å². The molecule has 5 heteroatoms. The summed E-state index contributed by atoms with van der Waals surface area (Å²) in [7, 11) is 1.82. The van der Waals surface area contributed by atoms with Crippen molar-refractivity contribution in [1.82, 2.24) is 9.88 Å². The summed E-state index contributed by atoms with van der Waals surface area (Å²) in [6.07, 6.45) is 7.21. The SMILES string of the molecule is CC1CCC(N(C)C(=O)COC(=O)CCc2c[nH]c3ccccc23)CC1. The van der Waals surface area contributed by atoms with Crippen molar-refractivity contribution >= 4 is 22.8 Å². The average Bonchev–Trinajstić information content (AvgIpc) is 3.07. The lowest BCUT2D eigenvalue weighted by Crippen LogP contribution is -2.41. The summed E-state index contributed by atoms with van der Waals surface area (Å²) in [4.78, 5) is 29.3. The lowest BCUT2D eigenvalue weighted by molar-refractivity contribution is -0.152. The molecule has 0 aliphatic heterocycles. The minimum absolute atomic E-state index is 0.106. The van der Waals surface area contributed by atoms with Crippen molar-refractivity contribution in [1.29, 1.82) is 0 Å². The minimum Gasteiger partial charge on any atom is -0.456 e. The zero-order valence-electron chi connectivity index (χ0n) is 15.7. The molecule has 3 rings (SSSR count). The Kier molecular flexibility index (Phi) is 5.96. The fourth-order valence-electron chi connectivity index (χ4n) is 3.72. The summed E-state index contributed by atoms with van der Waals surface area (Å²) >= 11 is 0. The van der Waals surface area contributed by atoms with Gasteiger partial charge in [0.25, 0.3) is 5.91 Å². The van der Waals surface area contributed by atoms with Crippen LogP contribution in [0.25, 0.3) is 10.9 Å². The summed E-state index contributed by atoms with van der Waals surface area (Å²) in [5.41, 5.74) is 2.16. The van der Waals surface area contributed by atoms with Crippen LogP contribution in [0.4, 0.5) is 0 Å². The summed E-state index contributed by atoms with van der Waals surface area (Å²) in [5.74, 6) is 0.316. The van der Waals surface area contributed by atoms with Gasteiger partial charge < -0.3 is 14.6 Å². The molecule has 1 aliphatic carbocycles. The molecule has 1 amide bonds. The van der Waals surface area contributed by atoms with Crippen LogP contribution in [0, 0.1) is 5.92 Å². The first-order valence-electron chi connectivity index (χ1n) is 9.51. The van der Waals surface area contributed by atoms with E-state index in [1.807, 2.05) is 37.5 Å². The summed E-state index contributed by atoms with van der Waals surface area (Å²) in [5, 5.41) is 1.13. The van der Waals surface area contributed by atoms with E-state index in [0.717, 1.165) is 48.1 Å². The molecule has 2 aromatic rings. The van der Waals surface area contributed by atoms with E-state index >= 15 is 0 Å². The van der Waals surface area contributed by atoms with Gasteiger partial charge in [0.1, 0.15) is 0 Å². The number of likely N-dealkylation sites (N-methyl/N-ethyl adjacent to an activating group) is 1. The predicted octanol–water partition coefficient (Wildman–Crippen LogP) is 3.68. The van der Waals surface area contributed by atoms with Crippen molar-refractivity contribution in [2.24, 2.45) is 5.92 Å². The number of hydrogen-bond acceptors (Lipinski definition) is 3. The van der Waals surface area contributed by atoms with Crippen LogP contribution in [0.5, 0.6) is 0 Å². The van der Waals surface area contributed by atoms with Gasteiger partial charge >= 0.3 is 5.97 Å². The molecule has 0 radical (unpaired) electrons. The van der Waals surface area contributed by atoms with Gasteiger partial charge in [0.2, 0.25) is 0 Å². The highest BCUT2D eigenvalue weighted by Gasteiger charge is 2.25. The van der Waals surface area contributed by atoms with Crippen LogP contribution in [0.3, 0.4) is 0 Å². The number of esters is 1. The molecule has 0 bridgehead atoms. The van der Waals surface area contributed by atoms with Crippen molar-refractivity contribution in [2.45, 2.75) is 51.5 Å². The smallest absolute Gasteiger partial charge is 0.306 e. The summed E-state index contributed by atoms with van der Waals surface area (Å²) < 4.78 is 5.21. The number of carbonyl (C=O) groups excluding carboxylic acids is 2. The molecule has 1 aliphatic rings. The number of fused-ring (bicyclic) bond motifs is 1. The van der Waals surface area contributed by atoms with Crippen molar-refractivity contribution in [3.8, 4) is 0 Å². The Labute approximate surface area is 154 Å². The van der Waals surface area contributed by atoms with Crippen LogP contribution in [0.2, 0.25) is 0 Å². The number of aromatic nitrogens is 1. The molecule has 1 saturated carbocycles. The van der Waals surface area contributed by atoms with E-state index in [2.05, 4.69) is 11.9 Å². The van der Waals surface area contributed by atoms with Gasteiger partial charge in [-0.3, -0.25) is 9.59 Å². The van der Waals surface area contributed by atoms with Crippen LogP contribution < -0.4 is 0 Å². The first kappa shape index (κ1) is 18.5. The van der Waals surface area contributed by atoms with Crippen LogP contribution in [-0.4, -0.2) is 41.5 Å². The second kappa shape index (κ2) is 8.39. The van der Waals surface area contributed by atoms with E-state index in [4.69, 9.17) is 4.74 Å². The Morgan fingerprint density at radius 2 is 1.92 bits per heavy atom. The molecule has 140 valence electrons. The first-order chi connectivity index (χ1) is 12.5. The number of nitrogens with one attached hydrogen (secondary N) is 1. The standard InChI is InChI=1S/C21H28N2O3/c1-15-7-10-17(11-8-15)23(2)20(24)14-26-21(25)12-9-16-13-22-19-6-4-3-5-18(16)19/h3-6,13,15,17,22H,7-12,14H2,1-2H3. The van der Waals surface area contributed by atoms with E-state index in [-0.39, 0.29) is 30.9 Å². The summed E-state index contributed by atoms with van der Waals surface area (Å²) in [6.45, 7) is 2.10. The van der Waals surface area contributed by atoms with Crippen LogP contribution in [-0.2, 0) is 20.7 Å². The largest absolute Gasteiger partial charge is 0.456 e. The Morgan fingerprint density at radius 1 is 1.19 bits per heavy atom. The Balaban J connectivity index is 1.43. The molecule has 1 aromatic heterocycles. The van der Waals surface area contributed by atoms with Gasteiger partial charge in [0, 0.05) is 36.6 Å². The topological polar surface area (TPSA) is 62.4 Å². The lowest BCUT2D eigenvalue weighted by Gasteiger charge is -2.33. The van der Waals surface area contributed by atoms with Crippen molar-refractivity contribution < 1.29 is 14.3 Å². The van der Waals surface area contributed by atoms with Crippen molar-refractivity contribution in [3.05, 3.63) is 36.0 Å². The second-order valence-electron chi connectivity index (χ2n) is 7.44. The van der Waals surface area contributed by atoms with Gasteiger partial charge in [-0.15, -0.1) is 0 Å². The fraction of sp³-hybridized carbons (Fsp3) is 0.524. The third kappa shape index (κ3) is 4.45. The Morgan fingerprint density at radius 3 is 2.69 bits per heavy atom. The predicted molar refractivity (Wildman–Crippen MR) is 102 cm³/mol. The Bertz CT molecular complexity index is 759. The highest BCUT2D eigenvalue weighted by atomic mass is 16.5. The van der Waals surface area contributed by atoms with E-state index in [1.165, 1.54) is 0 Å². The molecule has 1 N–H and O–H groups in total. The molecule has 0 spiro atoms. The van der Waals surface area contributed by atoms with Crippen molar-refractivity contribution in [2.75, 3.05) is 13.7 Å². The lowest BCUT2D eigenvalue weighted by atomic mass is 9.87. The molecule has 26 heavy (non-hydrogen) atoms. The highest BCUT2D eigenvalue weighted by Crippen LogP contribution is 2.26. The normalized spacial score (nSPS) is 20.1. The molecule has 5 nitrogen and oxygen atoms in total. The monoisotopic (exact) mass is 356 g/mol. The maximum Gasteiger partial charge on any atom is 0.306 e. The number of rotatable bonds is 6. The quantitative estimate of drug-likeness (QED) is 0.803. The van der Waals surface area contributed by atoms with Crippen LogP contribution in [0.15, 0.2) is 30.5 Å². The molecule has 1 heterocycles. The zero-order chi connectivity index (χ0) is 18.5.